The second-order valence-electron chi connectivity index (χ2n) is 11.5. The molecule has 178 valence electrons. The highest BCUT2D eigenvalue weighted by Gasteiger charge is 2.59. The molecule has 4 aliphatic carbocycles. The Morgan fingerprint density at radius 3 is 2.42 bits per heavy atom. The van der Waals surface area contributed by atoms with Crippen LogP contribution in [0.1, 0.15) is 70.4 Å². The molecule has 0 aromatic heterocycles. The van der Waals surface area contributed by atoms with E-state index in [1.807, 2.05) is 19.1 Å². The van der Waals surface area contributed by atoms with Crippen molar-refractivity contribution in [2.45, 2.75) is 78.0 Å². The van der Waals surface area contributed by atoms with Crippen LogP contribution in [0.2, 0.25) is 5.02 Å². The molecule has 1 N–H and O–H groups in total. The van der Waals surface area contributed by atoms with Crippen LogP contribution in [0.25, 0.3) is 0 Å². The summed E-state index contributed by atoms with van der Waals surface area (Å²) >= 11 is 6.65. The summed E-state index contributed by atoms with van der Waals surface area (Å²) in [6, 6.07) is 10.6. The van der Waals surface area contributed by atoms with E-state index in [0.717, 1.165) is 18.0 Å². The molecule has 4 aliphatic rings. The normalized spacial score (nSPS) is 32.2. The third-order valence-electron chi connectivity index (χ3n) is 7.99. The Balaban J connectivity index is 1.33. The fourth-order valence-corrected chi connectivity index (χ4v) is 8.11. The van der Waals surface area contributed by atoms with Gasteiger partial charge < -0.3 is 14.8 Å². The Labute approximate surface area is 202 Å². The summed E-state index contributed by atoms with van der Waals surface area (Å²) in [5.74, 6) is 1.65. The molecule has 0 aliphatic heterocycles. The van der Waals surface area contributed by atoms with Gasteiger partial charge in [-0.2, -0.15) is 0 Å². The van der Waals surface area contributed by atoms with Gasteiger partial charge in [0.25, 0.3) is 0 Å². The van der Waals surface area contributed by atoms with Crippen molar-refractivity contribution in [3.8, 4) is 11.5 Å². The lowest BCUT2D eigenvalue weighted by atomic mass is 9.43. The van der Waals surface area contributed by atoms with Crippen molar-refractivity contribution in [2.75, 3.05) is 6.61 Å². The molecule has 6 rings (SSSR count). The van der Waals surface area contributed by atoms with Crippen molar-refractivity contribution >= 4 is 11.6 Å². The van der Waals surface area contributed by atoms with Gasteiger partial charge in [-0.05, 0) is 86.0 Å². The predicted molar refractivity (Wildman–Crippen MR) is 130 cm³/mol. The molecule has 0 spiro atoms. The zero-order chi connectivity index (χ0) is 23.3. The second kappa shape index (κ2) is 8.46. The maximum atomic E-state index is 14.0. The molecular formula is C28H35ClFNO2. The van der Waals surface area contributed by atoms with Gasteiger partial charge in [0.15, 0.2) is 11.5 Å². The van der Waals surface area contributed by atoms with Crippen LogP contribution in [0.15, 0.2) is 36.4 Å². The van der Waals surface area contributed by atoms with Crippen molar-refractivity contribution in [1.29, 1.82) is 0 Å². The number of hydrogen-bond donors (Lipinski definition) is 1. The van der Waals surface area contributed by atoms with Gasteiger partial charge in [0.1, 0.15) is 12.4 Å². The van der Waals surface area contributed by atoms with E-state index in [4.69, 9.17) is 21.1 Å². The molecular weight excluding hydrogens is 437 g/mol. The van der Waals surface area contributed by atoms with Crippen molar-refractivity contribution in [3.05, 3.63) is 58.4 Å². The van der Waals surface area contributed by atoms with Crippen LogP contribution >= 0.6 is 11.6 Å². The molecule has 2 aromatic carbocycles. The summed E-state index contributed by atoms with van der Waals surface area (Å²) in [7, 11) is 0. The molecule has 2 unspecified atom stereocenters. The van der Waals surface area contributed by atoms with Crippen molar-refractivity contribution < 1.29 is 13.9 Å². The number of nitrogens with one attached hydrogen (secondary N) is 1. The maximum absolute atomic E-state index is 14.0. The first-order chi connectivity index (χ1) is 15.7. The van der Waals surface area contributed by atoms with E-state index in [1.165, 1.54) is 44.6 Å². The molecule has 33 heavy (non-hydrogen) atoms. The molecule has 0 saturated heterocycles. The fraction of sp³-hybridized carbons (Fsp3) is 0.571. The Bertz CT molecular complexity index is 1020. The third kappa shape index (κ3) is 4.61. The molecule has 0 radical (unpaired) electrons. The van der Waals surface area contributed by atoms with E-state index in [1.54, 1.807) is 18.2 Å². The first kappa shape index (κ1) is 23.0. The van der Waals surface area contributed by atoms with Crippen LogP contribution in [0.5, 0.6) is 11.5 Å². The molecule has 4 fully saturated rings. The van der Waals surface area contributed by atoms with E-state index in [2.05, 4.69) is 19.2 Å². The smallest absolute Gasteiger partial charge is 0.180 e. The number of benzene rings is 2. The van der Waals surface area contributed by atoms with Crippen LogP contribution in [0, 0.1) is 22.6 Å². The van der Waals surface area contributed by atoms with Crippen molar-refractivity contribution in [3.63, 3.8) is 0 Å². The van der Waals surface area contributed by atoms with E-state index >= 15 is 0 Å². The lowest BCUT2D eigenvalue weighted by Crippen LogP contribution is -2.63. The minimum atomic E-state index is -0.287. The van der Waals surface area contributed by atoms with E-state index < -0.39 is 0 Å². The molecule has 4 bridgehead atoms. The lowest BCUT2D eigenvalue weighted by Gasteiger charge is -2.65. The molecule has 0 heterocycles. The SMILES string of the molecule is CCOc1cc(CNC23CC4C[C@@](C)(C2)C[C@](C)(C4)C3)cc(Cl)c1OCc1ccccc1F. The van der Waals surface area contributed by atoms with Gasteiger partial charge >= 0.3 is 0 Å². The average Bonchev–Trinajstić information content (AvgIpc) is 2.70. The van der Waals surface area contributed by atoms with Crippen LogP contribution in [0.3, 0.4) is 0 Å². The Morgan fingerprint density at radius 1 is 1.03 bits per heavy atom. The third-order valence-corrected chi connectivity index (χ3v) is 8.27. The highest BCUT2D eigenvalue weighted by atomic mass is 35.5. The summed E-state index contributed by atoms with van der Waals surface area (Å²) in [5, 5.41) is 4.47. The predicted octanol–water partition coefficient (Wildman–Crippen LogP) is 7.30. The average molecular weight is 472 g/mol. The Kier molecular flexibility index (Phi) is 5.89. The minimum absolute atomic E-state index is 0.103. The zero-order valence-electron chi connectivity index (χ0n) is 20.0. The summed E-state index contributed by atoms with van der Waals surface area (Å²) in [6.45, 7) is 8.30. The van der Waals surface area contributed by atoms with E-state index in [0.29, 0.717) is 39.5 Å². The van der Waals surface area contributed by atoms with Crippen LogP contribution < -0.4 is 14.8 Å². The van der Waals surface area contributed by atoms with Gasteiger partial charge in [-0.15, -0.1) is 0 Å². The van der Waals surface area contributed by atoms with Crippen LogP contribution in [-0.2, 0) is 13.2 Å². The van der Waals surface area contributed by atoms with Crippen LogP contribution in [0.4, 0.5) is 4.39 Å². The number of halogens is 2. The summed E-state index contributed by atoms with van der Waals surface area (Å²) in [6.07, 6.45) is 7.97. The van der Waals surface area contributed by atoms with Gasteiger partial charge in [0, 0.05) is 17.6 Å². The standard InChI is InChI=1S/C28H35ClFNO2/c1-4-32-24-10-19(9-22(29)25(24)33-15-21-7-5-6-8-23(21)30)14-31-28-13-20-11-26(2,17-28)16-27(3,12-20)18-28/h5-10,20,31H,4,11-18H2,1-3H3/t20?,26-,27+,28?. The number of rotatable bonds is 8. The molecule has 3 nitrogen and oxygen atoms in total. The Morgan fingerprint density at radius 2 is 1.76 bits per heavy atom. The fourth-order valence-electron chi connectivity index (χ4n) is 7.83. The lowest BCUT2D eigenvalue weighted by molar-refractivity contribution is -0.118. The van der Waals surface area contributed by atoms with Gasteiger partial charge in [0.2, 0.25) is 0 Å². The van der Waals surface area contributed by atoms with Crippen molar-refractivity contribution in [1.82, 2.24) is 5.32 Å². The maximum Gasteiger partial charge on any atom is 0.180 e. The van der Waals surface area contributed by atoms with Gasteiger partial charge in [-0.3, -0.25) is 0 Å². The first-order valence-electron chi connectivity index (χ1n) is 12.3. The largest absolute Gasteiger partial charge is 0.490 e. The molecule has 2 aromatic rings. The van der Waals surface area contributed by atoms with Gasteiger partial charge in [0.05, 0.1) is 11.6 Å². The Hall–Kier alpha value is -1.78. The van der Waals surface area contributed by atoms with E-state index in [9.17, 15) is 4.39 Å². The molecule has 0 amide bonds. The van der Waals surface area contributed by atoms with Gasteiger partial charge in [-0.1, -0.05) is 43.6 Å². The van der Waals surface area contributed by atoms with Crippen LogP contribution in [-0.4, -0.2) is 12.1 Å². The summed E-state index contributed by atoms with van der Waals surface area (Å²) in [4.78, 5) is 0. The second-order valence-corrected chi connectivity index (χ2v) is 11.9. The molecule has 4 saturated carbocycles. The highest BCUT2D eigenvalue weighted by molar-refractivity contribution is 6.32. The highest BCUT2D eigenvalue weighted by Crippen LogP contribution is 2.66. The first-order valence-corrected chi connectivity index (χ1v) is 12.6. The van der Waals surface area contributed by atoms with Crippen molar-refractivity contribution in [2.24, 2.45) is 16.7 Å². The van der Waals surface area contributed by atoms with Gasteiger partial charge in [-0.25, -0.2) is 4.39 Å². The summed E-state index contributed by atoms with van der Waals surface area (Å²) in [5.41, 5.74) is 2.75. The topological polar surface area (TPSA) is 30.5 Å². The number of hydrogen-bond acceptors (Lipinski definition) is 3. The summed E-state index contributed by atoms with van der Waals surface area (Å²) < 4.78 is 25.8. The molecule has 4 atom stereocenters. The minimum Gasteiger partial charge on any atom is -0.490 e. The molecule has 5 heteroatoms. The monoisotopic (exact) mass is 471 g/mol. The zero-order valence-corrected chi connectivity index (χ0v) is 20.7. The van der Waals surface area contributed by atoms with E-state index in [-0.39, 0.29) is 18.0 Å². The number of ether oxygens (including phenoxy) is 2. The quantitative estimate of drug-likeness (QED) is 0.438.